The Labute approximate surface area is 88.1 Å². The van der Waals surface area contributed by atoms with Crippen LogP contribution in [0.1, 0.15) is 17.7 Å². The molecule has 0 aliphatic carbocycles. The third-order valence-electron chi connectivity index (χ3n) is 1.76. The van der Waals surface area contributed by atoms with Crippen molar-refractivity contribution in [2.24, 2.45) is 0 Å². The fraction of sp³-hybridized carbons (Fsp3) is 0.500. The summed E-state index contributed by atoms with van der Waals surface area (Å²) in [7, 11) is 1.87. The van der Waals surface area contributed by atoms with E-state index in [9.17, 15) is 4.79 Å². The predicted molar refractivity (Wildman–Crippen MR) is 57.3 cm³/mol. The molecule has 0 bridgehead atoms. The zero-order valence-corrected chi connectivity index (χ0v) is 9.10. The van der Waals surface area contributed by atoms with Gasteiger partial charge in [0.25, 0.3) is 0 Å². The van der Waals surface area contributed by atoms with Gasteiger partial charge in [-0.05, 0) is 31.5 Å². The molecule has 1 aromatic rings. The Balaban J connectivity index is 2.09. The molecule has 0 amide bonds. The molecular weight excluding hydrogens is 198 g/mol. The molecular formula is C10H15NO2S. The van der Waals surface area contributed by atoms with E-state index in [2.05, 4.69) is 5.32 Å². The summed E-state index contributed by atoms with van der Waals surface area (Å²) in [6, 6.07) is 3.92. The van der Waals surface area contributed by atoms with Crippen molar-refractivity contribution in [1.29, 1.82) is 0 Å². The summed E-state index contributed by atoms with van der Waals surface area (Å²) in [6.07, 6.45) is 1.33. The molecule has 0 fully saturated rings. The van der Waals surface area contributed by atoms with E-state index in [1.165, 1.54) is 0 Å². The van der Waals surface area contributed by atoms with Crippen LogP contribution in [0.2, 0.25) is 0 Å². The minimum Gasteiger partial charge on any atom is -0.460 e. The molecule has 3 nitrogen and oxygen atoms in total. The summed E-state index contributed by atoms with van der Waals surface area (Å²) in [4.78, 5) is 12.3. The molecule has 1 rings (SSSR count). The van der Waals surface area contributed by atoms with Crippen molar-refractivity contribution in [3.8, 4) is 0 Å². The van der Waals surface area contributed by atoms with Gasteiger partial charge in [-0.1, -0.05) is 6.07 Å². The summed E-state index contributed by atoms with van der Waals surface area (Å²) >= 11 is 1.60. The molecule has 0 radical (unpaired) electrons. The van der Waals surface area contributed by atoms with Crippen molar-refractivity contribution in [3.05, 3.63) is 22.4 Å². The topological polar surface area (TPSA) is 38.3 Å². The van der Waals surface area contributed by atoms with E-state index in [1.807, 2.05) is 24.6 Å². The van der Waals surface area contributed by atoms with Gasteiger partial charge in [-0.15, -0.1) is 11.3 Å². The Hall–Kier alpha value is -0.870. The van der Waals surface area contributed by atoms with Gasteiger partial charge in [-0.3, -0.25) is 4.79 Å². The summed E-state index contributed by atoms with van der Waals surface area (Å²) in [5.41, 5.74) is 0. The highest BCUT2D eigenvalue weighted by Crippen LogP contribution is 2.10. The average Bonchev–Trinajstić information content (AvgIpc) is 2.68. The van der Waals surface area contributed by atoms with Crippen molar-refractivity contribution >= 4 is 17.3 Å². The number of nitrogens with one attached hydrogen (secondary N) is 1. The molecule has 1 N–H and O–H groups in total. The van der Waals surface area contributed by atoms with E-state index in [0.29, 0.717) is 13.0 Å². The highest BCUT2D eigenvalue weighted by Gasteiger charge is 2.02. The zero-order valence-electron chi connectivity index (χ0n) is 8.29. The van der Waals surface area contributed by atoms with E-state index >= 15 is 0 Å². The lowest BCUT2D eigenvalue weighted by molar-refractivity contribution is -0.144. The average molecular weight is 213 g/mol. The number of carbonyl (C=O) groups is 1. The second-order valence-electron chi connectivity index (χ2n) is 2.95. The van der Waals surface area contributed by atoms with E-state index in [1.54, 1.807) is 11.3 Å². The van der Waals surface area contributed by atoms with Gasteiger partial charge < -0.3 is 10.1 Å². The van der Waals surface area contributed by atoms with Gasteiger partial charge in [0.1, 0.15) is 6.61 Å². The fourth-order valence-corrected chi connectivity index (χ4v) is 1.64. The molecule has 0 atom stereocenters. The van der Waals surface area contributed by atoms with Crippen LogP contribution in [-0.4, -0.2) is 19.6 Å². The normalized spacial score (nSPS) is 10.1. The maximum atomic E-state index is 11.2. The van der Waals surface area contributed by atoms with Gasteiger partial charge in [-0.2, -0.15) is 0 Å². The van der Waals surface area contributed by atoms with Crippen molar-refractivity contribution < 1.29 is 9.53 Å². The summed E-state index contributed by atoms with van der Waals surface area (Å²) in [6.45, 7) is 1.27. The summed E-state index contributed by atoms with van der Waals surface area (Å²) in [5.74, 6) is -0.117. The Kier molecular flexibility index (Phi) is 5.25. The Morgan fingerprint density at radius 1 is 1.64 bits per heavy atom. The molecule has 78 valence electrons. The van der Waals surface area contributed by atoms with Gasteiger partial charge in [0.2, 0.25) is 0 Å². The van der Waals surface area contributed by atoms with Crippen molar-refractivity contribution in [1.82, 2.24) is 5.32 Å². The lowest BCUT2D eigenvalue weighted by Gasteiger charge is -2.02. The van der Waals surface area contributed by atoms with Crippen LogP contribution in [0.5, 0.6) is 0 Å². The molecule has 0 aliphatic heterocycles. The maximum Gasteiger partial charge on any atom is 0.306 e. The summed E-state index contributed by atoms with van der Waals surface area (Å²) in [5, 5.41) is 4.96. The predicted octanol–water partition coefficient (Wildman–Crippen LogP) is 1.79. The van der Waals surface area contributed by atoms with Gasteiger partial charge in [0.15, 0.2) is 0 Å². The van der Waals surface area contributed by atoms with E-state index in [0.717, 1.165) is 17.8 Å². The van der Waals surface area contributed by atoms with Crippen LogP contribution in [0.25, 0.3) is 0 Å². The minimum atomic E-state index is -0.117. The molecule has 0 aromatic carbocycles. The molecule has 14 heavy (non-hydrogen) atoms. The molecule has 0 saturated carbocycles. The van der Waals surface area contributed by atoms with Gasteiger partial charge >= 0.3 is 5.97 Å². The van der Waals surface area contributed by atoms with E-state index < -0.39 is 0 Å². The number of rotatable bonds is 6. The first-order valence-electron chi connectivity index (χ1n) is 4.65. The Bertz CT molecular complexity index is 259. The maximum absolute atomic E-state index is 11.2. The van der Waals surface area contributed by atoms with Crippen LogP contribution in [-0.2, 0) is 16.1 Å². The minimum absolute atomic E-state index is 0.117. The van der Waals surface area contributed by atoms with Gasteiger partial charge in [-0.25, -0.2) is 0 Å². The largest absolute Gasteiger partial charge is 0.460 e. The highest BCUT2D eigenvalue weighted by molar-refractivity contribution is 7.09. The third kappa shape index (κ3) is 4.39. The molecule has 0 unspecified atom stereocenters. The van der Waals surface area contributed by atoms with Crippen molar-refractivity contribution in [2.45, 2.75) is 19.4 Å². The number of ether oxygens (including phenoxy) is 1. The summed E-state index contributed by atoms with van der Waals surface area (Å²) < 4.78 is 5.08. The first-order chi connectivity index (χ1) is 6.83. The second-order valence-corrected chi connectivity index (χ2v) is 3.98. The first-order valence-corrected chi connectivity index (χ1v) is 5.53. The standard InChI is InChI=1S/C10H15NO2S/c1-11-6-2-5-10(12)13-8-9-4-3-7-14-9/h3-4,7,11H,2,5-6,8H2,1H3. The Morgan fingerprint density at radius 3 is 3.14 bits per heavy atom. The molecule has 4 heteroatoms. The lowest BCUT2D eigenvalue weighted by Crippen LogP contribution is -2.11. The smallest absolute Gasteiger partial charge is 0.306 e. The van der Waals surface area contributed by atoms with E-state index in [4.69, 9.17) is 4.74 Å². The number of thiophene rings is 1. The third-order valence-corrected chi connectivity index (χ3v) is 2.61. The quantitative estimate of drug-likeness (QED) is 0.578. The monoisotopic (exact) mass is 213 g/mol. The Morgan fingerprint density at radius 2 is 2.50 bits per heavy atom. The number of hydrogen-bond donors (Lipinski definition) is 1. The molecule has 1 aromatic heterocycles. The lowest BCUT2D eigenvalue weighted by atomic mass is 10.3. The second kappa shape index (κ2) is 6.56. The van der Waals surface area contributed by atoms with Gasteiger partial charge in [0.05, 0.1) is 0 Å². The number of hydrogen-bond acceptors (Lipinski definition) is 4. The van der Waals surface area contributed by atoms with Crippen LogP contribution in [0.4, 0.5) is 0 Å². The van der Waals surface area contributed by atoms with Crippen LogP contribution in [0.3, 0.4) is 0 Å². The highest BCUT2D eigenvalue weighted by atomic mass is 32.1. The van der Waals surface area contributed by atoms with Crippen molar-refractivity contribution in [3.63, 3.8) is 0 Å². The van der Waals surface area contributed by atoms with Crippen LogP contribution in [0.15, 0.2) is 17.5 Å². The van der Waals surface area contributed by atoms with Gasteiger partial charge in [0, 0.05) is 11.3 Å². The molecule has 1 heterocycles. The molecule has 0 spiro atoms. The van der Waals surface area contributed by atoms with E-state index in [-0.39, 0.29) is 5.97 Å². The van der Waals surface area contributed by atoms with Crippen molar-refractivity contribution in [2.75, 3.05) is 13.6 Å². The van der Waals surface area contributed by atoms with Crippen LogP contribution < -0.4 is 5.32 Å². The number of esters is 1. The SMILES string of the molecule is CNCCCC(=O)OCc1cccs1. The zero-order chi connectivity index (χ0) is 10.2. The van der Waals surface area contributed by atoms with Crippen LogP contribution >= 0.6 is 11.3 Å². The molecule has 0 saturated heterocycles. The molecule has 0 aliphatic rings. The fourth-order valence-electron chi connectivity index (χ4n) is 1.03. The van der Waals surface area contributed by atoms with Crippen LogP contribution in [0, 0.1) is 0 Å². The first kappa shape index (κ1) is 11.2. The number of carbonyl (C=O) groups excluding carboxylic acids is 1.